The Hall–Kier alpha value is -0.823. The van der Waals surface area contributed by atoms with Crippen molar-refractivity contribution in [3.63, 3.8) is 0 Å². The van der Waals surface area contributed by atoms with Gasteiger partial charge in [0.25, 0.3) is 0 Å². The molecule has 0 fully saturated rings. The predicted octanol–water partition coefficient (Wildman–Crippen LogP) is 3.89. The molecular weight excluding hydrogens is 208 g/mol. The van der Waals surface area contributed by atoms with Gasteiger partial charge in [-0.25, -0.2) is 0 Å². The Balaban J connectivity index is 2.24. The van der Waals surface area contributed by atoms with Crippen LogP contribution in [0.2, 0.25) is 0 Å². The first-order chi connectivity index (χ1) is 7.83. The topological polar surface area (TPSA) is 0 Å². The number of unbranched alkanes of at least 4 members (excludes halogenated alkanes) is 4. The quantitative estimate of drug-likeness (QED) is 0.492. The van der Waals surface area contributed by atoms with Crippen LogP contribution in [0.15, 0.2) is 41.6 Å². The van der Waals surface area contributed by atoms with Gasteiger partial charge >= 0.3 is 0 Å². The Kier molecular flexibility index (Phi) is 6.91. The molecule has 0 nitrogen and oxygen atoms in total. The van der Waals surface area contributed by atoms with E-state index < -0.39 is 0 Å². The summed E-state index contributed by atoms with van der Waals surface area (Å²) in [5.74, 6) is 0. The van der Waals surface area contributed by atoms with E-state index in [0.29, 0.717) is 0 Å². The van der Waals surface area contributed by atoms with Gasteiger partial charge in [-0.3, -0.25) is 0 Å². The molecule has 0 N–H and O–H groups in total. The maximum absolute atomic E-state index is 2.42. The molecule has 0 aliphatic carbocycles. The van der Waals surface area contributed by atoms with Crippen molar-refractivity contribution >= 4 is 14.7 Å². The molecule has 0 aromatic heterocycles. The Morgan fingerprint density at radius 3 is 2.56 bits per heavy atom. The molecule has 1 rings (SSSR count). The first-order valence-electron chi connectivity index (χ1n) is 6.31. The van der Waals surface area contributed by atoms with E-state index in [4.69, 9.17) is 0 Å². The third-order valence-electron chi connectivity index (χ3n) is 2.62. The van der Waals surface area contributed by atoms with E-state index in [-0.39, 0.29) is 0 Å². The average molecular weight is 230 g/mol. The number of rotatable bonds is 7. The highest BCUT2D eigenvalue weighted by Crippen LogP contribution is 2.04. The third-order valence-corrected chi connectivity index (χ3v) is 3.84. The second kappa shape index (κ2) is 8.34. The normalized spacial score (nSPS) is 11.8. The van der Waals surface area contributed by atoms with E-state index in [0.717, 1.165) is 9.52 Å². The predicted molar refractivity (Wildman–Crippen MR) is 74.3 cm³/mol. The van der Waals surface area contributed by atoms with Gasteiger partial charge in [0.1, 0.15) is 9.52 Å². The van der Waals surface area contributed by atoms with Crippen LogP contribution in [0.5, 0.6) is 0 Å². The fourth-order valence-corrected chi connectivity index (χ4v) is 2.75. The van der Waals surface area contributed by atoms with Crippen molar-refractivity contribution < 1.29 is 0 Å². The molecule has 2 radical (unpaired) electrons. The first kappa shape index (κ1) is 13.2. The standard InChI is InChI=1S/C15H22Si/c1-3-4-5-6-8-11-14(2)16-15-12-9-7-10-13-15/h7,9-13H,3-6,8H2,1-2H3/b14-11-. The number of allylic oxidation sites excluding steroid dienone is 2. The number of hydrogen-bond donors (Lipinski definition) is 0. The molecule has 0 saturated carbocycles. The lowest BCUT2D eigenvalue weighted by molar-refractivity contribution is 0.674. The average Bonchev–Trinajstić information content (AvgIpc) is 2.30. The molecule has 0 bridgehead atoms. The molecule has 1 aromatic carbocycles. The smallest absolute Gasteiger partial charge is 0.0895 e. The van der Waals surface area contributed by atoms with Gasteiger partial charge in [0.05, 0.1) is 0 Å². The van der Waals surface area contributed by atoms with Crippen molar-refractivity contribution in [3.8, 4) is 0 Å². The molecule has 16 heavy (non-hydrogen) atoms. The van der Waals surface area contributed by atoms with E-state index in [9.17, 15) is 0 Å². The maximum Gasteiger partial charge on any atom is 0.115 e. The summed E-state index contributed by atoms with van der Waals surface area (Å²) < 4.78 is 0. The molecule has 0 aliphatic rings. The van der Waals surface area contributed by atoms with Crippen LogP contribution in [0.25, 0.3) is 0 Å². The van der Waals surface area contributed by atoms with E-state index in [2.05, 4.69) is 50.3 Å². The summed E-state index contributed by atoms with van der Waals surface area (Å²) in [6, 6.07) is 10.8. The van der Waals surface area contributed by atoms with E-state index in [1.165, 1.54) is 42.5 Å². The van der Waals surface area contributed by atoms with E-state index in [1.54, 1.807) is 0 Å². The lowest BCUT2D eigenvalue weighted by atomic mass is 10.1. The van der Waals surface area contributed by atoms with Crippen LogP contribution in [0.4, 0.5) is 0 Å². The van der Waals surface area contributed by atoms with Crippen LogP contribution in [-0.4, -0.2) is 9.52 Å². The Morgan fingerprint density at radius 2 is 1.88 bits per heavy atom. The monoisotopic (exact) mass is 230 g/mol. The molecule has 0 saturated heterocycles. The lowest BCUT2D eigenvalue weighted by Gasteiger charge is -2.00. The zero-order valence-corrected chi connectivity index (χ0v) is 11.5. The van der Waals surface area contributed by atoms with Gasteiger partial charge in [-0.2, -0.15) is 0 Å². The molecule has 0 heterocycles. The summed E-state index contributed by atoms with van der Waals surface area (Å²) in [5, 5.41) is 2.98. The van der Waals surface area contributed by atoms with E-state index in [1.807, 2.05) is 0 Å². The highest BCUT2D eigenvalue weighted by atomic mass is 28.2. The zero-order valence-electron chi connectivity index (χ0n) is 10.5. The second-order valence-electron chi connectivity index (χ2n) is 4.23. The van der Waals surface area contributed by atoms with Gasteiger partial charge in [0.2, 0.25) is 0 Å². The minimum absolute atomic E-state index is 0.852. The lowest BCUT2D eigenvalue weighted by Crippen LogP contribution is -2.14. The third kappa shape index (κ3) is 5.91. The minimum atomic E-state index is 0.852. The summed E-state index contributed by atoms with van der Waals surface area (Å²) in [7, 11) is 0.852. The van der Waals surface area contributed by atoms with Gasteiger partial charge < -0.3 is 0 Å². The van der Waals surface area contributed by atoms with Gasteiger partial charge in [-0.15, -0.1) is 0 Å². The van der Waals surface area contributed by atoms with Crippen molar-refractivity contribution in [1.82, 2.24) is 0 Å². The summed E-state index contributed by atoms with van der Waals surface area (Å²) in [6.07, 6.45) is 9.12. The summed E-state index contributed by atoms with van der Waals surface area (Å²) >= 11 is 0. The van der Waals surface area contributed by atoms with Crippen molar-refractivity contribution in [2.45, 2.75) is 46.0 Å². The summed E-state index contributed by atoms with van der Waals surface area (Å²) in [6.45, 7) is 4.52. The van der Waals surface area contributed by atoms with Crippen molar-refractivity contribution in [2.24, 2.45) is 0 Å². The van der Waals surface area contributed by atoms with Crippen molar-refractivity contribution in [2.75, 3.05) is 0 Å². The molecular formula is C15H22Si. The second-order valence-corrected chi connectivity index (χ2v) is 5.84. The summed E-state index contributed by atoms with van der Waals surface area (Å²) in [4.78, 5) is 0. The molecule has 0 aliphatic heterocycles. The first-order valence-corrected chi connectivity index (χ1v) is 7.31. The molecule has 0 atom stereocenters. The zero-order chi connectivity index (χ0) is 11.6. The van der Waals surface area contributed by atoms with Crippen LogP contribution >= 0.6 is 0 Å². The van der Waals surface area contributed by atoms with Crippen LogP contribution in [-0.2, 0) is 0 Å². The van der Waals surface area contributed by atoms with E-state index >= 15 is 0 Å². The molecule has 0 unspecified atom stereocenters. The van der Waals surface area contributed by atoms with Crippen LogP contribution in [0.3, 0.4) is 0 Å². The van der Waals surface area contributed by atoms with Gasteiger partial charge in [-0.05, 0) is 19.8 Å². The fourth-order valence-electron chi connectivity index (χ4n) is 1.69. The Morgan fingerprint density at radius 1 is 1.12 bits per heavy atom. The Bertz CT molecular complexity index is 300. The fraction of sp³-hybridized carbons (Fsp3) is 0.467. The highest BCUT2D eigenvalue weighted by molar-refractivity contribution is 6.60. The number of benzene rings is 1. The number of hydrogen-bond acceptors (Lipinski definition) is 0. The van der Waals surface area contributed by atoms with Crippen LogP contribution in [0, 0.1) is 0 Å². The van der Waals surface area contributed by atoms with Crippen LogP contribution in [0.1, 0.15) is 46.0 Å². The van der Waals surface area contributed by atoms with Crippen LogP contribution < -0.4 is 5.19 Å². The molecule has 0 amide bonds. The summed E-state index contributed by atoms with van der Waals surface area (Å²) in [5.41, 5.74) is 0. The van der Waals surface area contributed by atoms with Crippen molar-refractivity contribution in [1.29, 1.82) is 0 Å². The van der Waals surface area contributed by atoms with Gasteiger partial charge in [-0.1, -0.05) is 73.0 Å². The Labute approximate surface area is 103 Å². The van der Waals surface area contributed by atoms with Crippen molar-refractivity contribution in [3.05, 3.63) is 41.6 Å². The SMILES string of the molecule is CCCCCC/C=C(/C)[Si]c1ccccc1. The molecule has 0 spiro atoms. The van der Waals surface area contributed by atoms with Gasteiger partial charge in [0.15, 0.2) is 0 Å². The molecule has 1 aromatic rings. The largest absolute Gasteiger partial charge is 0.115 e. The van der Waals surface area contributed by atoms with Gasteiger partial charge in [0, 0.05) is 0 Å². The maximum atomic E-state index is 2.42. The molecule has 86 valence electrons. The highest BCUT2D eigenvalue weighted by Gasteiger charge is 1.95. The molecule has 1 heteroatoms. The minimum Gasteiger partial charge on any atom is -0.0895 e.